The molecule has 0 radical (unpaired) electrons. The molecule has 6 heteroatoms. The third-order valence-electron chi connectivity index (χ3n) is 4.20. The third-order valence-corrected chi connectivity index (χ3v) is 4.49. The van der Waals surface area contributed by atoms with E-state index >= 15 is 0 Å². The smallest absolute Gasteiger partial charge is 0.227 e. The first-order chi connectivity index (χ1) is 11.6. The van der Waals surface area contributed by atoms with Crippen LogP contribution in [0.4, 0.5) is 21.6 Å². The second-order valence-corrected chi connectivity index (χ2v) is 6.42. The lowest BCUT2D eigenvalue weighted by molar-refractivity contribution is -0.120. The number of carbonyl (C=O) groups excluding carboxylic acids is 1. The lowest BCUT2D eigenvalue weighted by Gasteiger charge is -2.20. The minimum absolute atomic E-state index is 0.0522. The molecule has 2 aromatic rings. The molecule has 1 aliphatic carbocycles. The van der Waals surface area contributed by atoms with Crippen molar-refractivity contribution in [2.24, 2.45) is 5.92 Å². The van der Waals surface area contributed by atoms with E-state index < -0.39 is 5.82 Å². The maximum Gasteiger partial charge on any atom is 0.227 e. The first-order valence-corrected chi connectivity index (χ1v) is 8.48. The normalized spacial score (nSPS) is 15.1. The van der Waals surface area contributed by atoms with Crippen molar-refractivity contribution in [3.8, 4) is 0 Å². The van der Waals surface area contributed by atoms with Crippen LogP contribution in [0.15, 0.2) is 36.5 Å². The molecule has 1 saturated carbocycles. The fraction of sp³-hybridized carbons (Fsp3) is 0.333. The molecule has 0 unspecified atom stereocenters. The summed E-state index contributed by atoms with van der Waals surface area (Å²) in [5.41, 5.74) is 1.32. The number of rotatable bonds is 4. The maximum absolute atomic E-state index is 13.1. The number of nitrogens with one attached hydrogen (secondary N) is 2. The summed E-state index contributed by atoms with van der Waals surface area (Å²) in [7, 11) is 0. The Bertz CT molecular complexity index is 715. The zero-order valence-corrected chi connectivity index (χ0v) is 13.9. The van der Waals surface area contributed by atoms with E-state index in [1.807, 2.05) is 0 Å². The van der Waals surface area contributed by atoms with Gasteiger partial charge in [0.15, 0.2) is 0 Å². The molecular formula is C18H19ClFN3O. The van der Waals surface area contributed by atoms with E-state index in [1.54, 1.807) is 24.4 Å². The number of pyridine rings is 1. The van der Waals surface area contributed by atoms with Crippen molar-refractivity contribution < 1.29 is 9.18 Å². The van der Waals surface area contributed by atoms with E-state index in [4.69, 9.17) is 11.6 Å². The van der Waals surface area contributed by atoms with E-state index in [-0.39, 0.29) is 16.8 Å². The van der Waals surface area contributed by atoms with E-state index in [0.29, 0.717) is 17.2 Å². The molecule has 0 spiro atoms. The van der Waals surface area contributed by atoms with Gasteiger partial charge in [-0.3, -0.25) is 4.79 Å². The molecule has 0 saturated heterocycles. The van der Waals surface area contributed by atoms with Crippen LogP contribution in [0, 0.1) is 11.7 Å². The summed E-state index contributed by atoms with van der Waals surface area (Å²) >= 11 is 5.75. The molecule has 0 aliphatic heterocycles. The second-order valence-electron chi connectivity index (χ2n) is 6.01. The molecule has 1 heterocycles. The highest BCUT2D eigenvalue weighted by atomic mass is 35.5. The average molecular weight is 348 g/mol. The van der Waals surface area contributed by atoms with Crippen LogP contribution < -0.4 is 10.6 Å². The SMILES string of the molecule is O=C(Nc1ccc(Nc2ccc(F)c(Cl)c2)nc1)C1CCCCC1. The number of hydrogen-bond acceptors (Lipinski definition) is 3. The number of hydrogen-bond donors (Lipinski definition) is 2. The molecule has 4 nitrogen and oxygen atoms in total. The summed E-state index contributed by atoms with van der Waals surface area (Å²) in [6.07, 6.45) is 7.00. The number of benzene rings is 1. The van der Waals surface area contributed by atoms with Crippen LogP contribution in [0.5, 0.6) is 0 Å². The van der Waals surface area contributed by atoms with Gasteiger partial charge in [-0.05, 0) is 43.2 Å². The van der Waals surface area contributed by atoms with Crippen molar-refractivity contribution in [1.82, 2.24) is 4.98 Å². The number of carbonyl (C=O) groups is 1. The van der Waals surface area contributed by atoms with Gasteiger partial charge in [-0.1, -0.05) is 30.9 Å². The van der Waals surface area contributed by atoms with Gasteiger partial charge in [-0.15, -0.1) is 0 Å². The Hall–Kier alpha value is -2.14. The van der Waals surface area contributed by atoms with Crippen LogP contribution in [0.25, 0.3) is 0 Å². The monoisotopic (exact) mass is 347 g/mol. The zero-order chi connectivity index (χ0) is 16.9. The lowest BCUT2D eigenvalue weighted by Crippen LogP contribution is -2.24. The lowest BCUT2D eigenvalue weighted by atomic mass is 9.88. The Labute approximate surface area is 145 Å². The third kappa shape index (κ3) is 4.23. The first-order valence-electron chi connectivity index (χ1n) is 8.11. The number of halogens is 2. The van der Waals surface area contributed by atoms with Crippen LogP contribution in [0.2, 0.25) is 5.02 Å². The van der Waals surface area contributed by atoms with Crippen LogP contribution >= 0.6 is 11.6 Å². The Kier molecular flexibility index (Phi) is 5.30. The highest BCUT2D eigenvalue weighted by molar-refractivity contribution is 6.31. The summed E-state index contributed by atoms with van der Waals surface area (Å²) in [6.45, 7) is 0. The molecular weight excluding hydrogens is 329 g/mol. The summed E-state index contributed by atoms with van der Waals surface area (Å²) in [5.74, 6) is 0.310. The first kappa shape index (κ1) is 16.7. The van der Waals surface area contributed by atoms with Crippen molar-refractivity contribution in [3.05, 3.63) is 47.4 Å². The van der Waals surface area contributed by atoms with Gasteiger partial charge in [0, 0.05) is 11.6 Å². The van der Waals surface area contributed by atoms with Crippen molar-refractivity contribution >= 4 is 34.7 Å². The van der Waals surface area contributed by atoms with Crippen LogP contribution in [0.1, 0.15) is 32.1 Å². The molecule has 1 amide bonds. The summed E-state index contributed by atoms with van der Waals surface area (Å²) in [5, 5.41) is 6.01. The van der Waals surface area contributed by atoms with Gasteiger partial charge < -0.3 is 10.6 Å². The molecule has 1 aromatic carbocycles. The van der Waals surface area contributed by atoms with Crippen LogP contribution in [-0.4, -0.2) is 10.9 Å². The Balaban J connectivity index is 1.60. The van der Waals surface area contributed by atoms with Crippen molar-refractivity contribution in [2.75, 3.05) is 10.6 Å². The molecule has 2 N–H and O–H groups in total. The fourth-order valence-electron chi connectivity index (χ4n) is 2.87. The van der Waals surface area contributed by atoms with Crippen LogP contribution in [-0.2, 0) is 4.79 Å². The van der Waals surface area contributed by atoms with E-state index in [0.717, 1.165) is 25.7 Å². The minimum Gasteiger partial charge on any atom is -0.340 e. The van der Waals surface area contributed by atoms with Gasteiger partial charge in [0.2, 0.25) is 5.91 Å². The summed E-state index contributed by atoms with van der Waals surface area (Å²) < 4.78 is 13.1. The Morgan fingerprint density at radius 3 is 2.54 bits per heavy atom. The number of nitrogens with zero attached hydrogens (tertiary/aromatic N) is 1. The van der Waals surface area contributed by atoms with Gasteiger partial charge in [-0.25, -0.2) is 9.37 Å². The van der Waals surface area contributed by atoms with Gasteiger partial charge in [0.05, 0.1) is 16.9 Å². The Morgan fingerprint density at radius 2 is 1.88 bits per heavy atom. The molecule has 1 aromatic heterocycles. The highest BCUT2D eigenvalue weighted by Crippen LogP contribution is 2.25. The van der Waals surface area contributed by atoms with E-state index in [2.05, 4.69) is 15.6 Å². The molecule has 24 heavy (non-hydrogen) atoms. The minimum atomic E-state index is -0.462. The fourth-order valence-corrected chi connectivity index (χ4v) is 3.05. The Morgan fingerprint density at radius 1 is 1.12 bits per heavy atom. The van der Waals surface area contributed by atoms with Crippen molar-refractivity contribution in [1.29, 1.82) is 0 Å². The predicted molar refractivity (Wildman–Crippen MR) is 94.1 cm³/mol. The van der Waals surface area contributed by atoms with Crippen molar-refractivity contribution in [2.45, 2.75) is 32.1 Å². The molecule has 0 atom stereocenters. The number of anilines is 3. The quantitative estimate of drug-likeness (QED) is 0.805. The topological polar surface area (TPSA) is 54.0 Å². The summed E-state index contributed by atoms with van der Waals surface area (Å²) in [4.78, 5) is 16.5. The molecule has 1 fully saturated rings. The molecule has 3 rings (SSSR count). The van der Waals surface area contributed by atoms with Crippen molar-refractivity contribution in [3.63, 3.8) is 0 Å². The number of aromatic nitrogens is 1. The predicted octanol–water partition coefficient (Wildman–Crippen LogP) is 5.14. The standard InChI is InChI=1S/C18H19ClFN3O/c19-15-10-13(6-8-16(15)20)22-17-9-7-14(11-21-17)23-18(24)12-4-2-1-3-5-12/h6-12H,1-5H2,(H,21,22)(H,23,24). The number of amides is 1. The van der Waals surface area contributed by atoms with Gasteiger partial charge in [0.25, 0.3) is 0 Å². The maximum atomic E-state index is 13.1. The largest absolute Gasteiger partial charge is 0.340 e. The van der Waals surface area contributed by atoms with Crippen LogP contribution in [0.3, 0.4) is 0 Å². The summed E-state index contributed by atoms with van der Waals surface area (Å²) in [6, 6.07) is 7.93. The van der Waals surface area contributed by atoms with Gasteiger partial charge in [0.1, 0.15) is 11.6 Å². The average Bonchev–Trinajstić information content (AvgIpc) is 2.61. The highest BCUT2D eigenvalue weighted by Gasteiger charge is 2.21. The molecule has 126 valence electrons. The second kappa shape index (κ2) is 7.62. The molecule has 0 bridgehead atoms. The van der Waals surface area contributed by atoms with Gasteiger partial charge >= 0.3 is 0 Å². The van der Waals surface area contributed by atoms with Gasteiger partial charge in [-0.2, -0.15) is 0 Å². The zero-order valence-electron chi connectivity index (χ0n) is 13.2. The van der Waals surface area contributed by atoms with E-state index in [9.17, 15) is 9.18 Å². The molecule has 1 aliphatic rings. The van der Waals surface area contributed by atoms with E-state index in [1.165, 1.54) is 18.6 Å².